The Bertz CT molecular complexity index is 1470. The van der Waals surface area contributed by atoms with Crippen LogP contribution in [-0.2, 0) is 10.2 Å². The summed E-state index contributed by atoms with van der Waals surface area (Å²) in [7, 11) is 1.43. The number of nitrogens with zero attached hydrogens (tertiary/aromatic N) is 1. The van der Waals surface area contributed by atoms with Crippen LogP contribution in [0, 0.1) is 0 Å². The zero-order valence-corrected chi connectivity index (χ0v) is 22.9. The third-order valence-electron chi connectivity index (χ3n) is 6.97. The van der Waals surface area contributed by atoms with Crippen molar-refractivity contribution in [2.45, 2.75) is 26.2 Å². The number of hydrogen-bond acceptors (Lipinski definition) is 3. The van der Waals surface area contributed by atoms with Crippen LogP contribution >= 0.6 is 0 Å². The highest BCUT2D eigenvalue weighted by Crippen LogP contribution is 2.40. The van der Waals surface area contributed by atoms with Crippen LogP contribution in [0.5, 0.6) is 0 Å². The van der Waals surface area contributed by atoms with Gasteiger partial charge in [0.1, 0.15) is 0 Å². The Balaban J connectivity index is 1.65. The van der Waals surface area contributed by atoms with Crippen molar-refractivity contribution in [2.24, 2.45) is 0 Å². The molecule has 0 bridgehead atoms. The minimum atomic E-state index is -0.358. The van der Waals surface area contributed by atoms with Crippen molar-refractivity contribution >= 4 is 23.0 Å². The Morgan fingerprint density at radius 2 is 1.03 bits per heavy atom. The van der Waals surface area contributed by atoms with E-state index < -0.39 is 0 Å². The van der Waals surface area contributed by atoms with E-state index in [1.165, 1.54) is 7.11 Å². The van der Waals surface area contributed by atoms with Crippen molar-refractivity contribution in [3.8, 4) is 22.3 Å². The van der Waals surface area contributed by atoms with Gasteiger partial charge in [-0.25, -0.2) is 4.79 Å². The lowest BCUT2D eigenvalue weighted by atomic mass is 9.85. The Kier molecular flexibility index (Phi) is 7.33. The maximum absolute atomic E-state index is 13.1. The lowest BCUT2D eigenvalue weighted by molar-refractivity contribution is 0.0601. The van der Waals surface area contributed by atoms with Gasteiger partial charge in [-0.3, -0.25) is 0 Å². The van der Waals surface area contributed by atoms with E-state index in [9.17, 15) is 4.79 Å². The second-order valence-electron chi connectivity index (χ2n) is 10.6. The third kappa shape index (κ3) is 5.63. The van der Waals surface area contributed by atoms with Gasteiger partial charge in [0.2, 0.25) is 0 Å². The summed E-state index contributed by atoms with van der Waals surface area (Å²) in [5.74, 6) is -0.358. The van der Waals surface area contributed by atoms with Gasteiger partial charge < -0.3 is 9.64 Å². The molecule has 194 valence electrons. The number of rotatable bonds is 6. The largest absolute Gasteiger partial charge is 0.465 e. The van der Waals surface area contributed by atoms with E-state index in [-0.39, 0.29) is 11.4 Å². The summed E-state index contributed by atoms with van der Waals surface area (Å²) in [5, 5.41) is 0. The van der Waals surface area contributed by atoms with Crippen molar-refractivity contribution in [3.05, 3.63) is 139 Å². The topological polar surface area (TPSA) is 29.5 Å². The van der Waals surface area contributed by atoms with Crippen LogP contribution in [-0.4, -0.2) is 13.1 Å². The third-order valence-corrected chi connectivity index (χ3v) is 6.97. The van der Waals surface area contributed by atoms with Gasteiger partial charge in [-0.15, -0.1) is 0 Å². The molecule has 3 nitrogen and oxygen atoms in total. The number of carbonyl (C=O) groups excluding carboxylic acids is 1. The molecule has 0 fully saturated rings. The van der Waals surface area contributed by atoms with E-state index in [1.807, 2.05) is 48.5 Å². The number of carbonyl (C=O) groups is 1. The molecule has 0 saturated carbocycles. The smallest absolute Gasteiger partial charge is 0.340 e. The van der Waals surface area contributed by atoms with E-state index in [1.54, 1.807) is 0 Å². The fourth-order valence-corrected chi connectivity index (χ4v) is 4.77. The molecule has 5 rings (SSSR count). The van der Waals surface area contributed by atoms with Crippen molar-refractivity contribution < 1.29 is 9.53 Å². The lowest BCUT2D eigenvalue weighted by Gasteiger charge is -2.29. The summed E-state index contributed by atoms with van der Waals surface area (Å²) < 4.78 is 5.25. The molecular formula is C36H33NO2. The first-order valence-corrected chi connectivity index (χ1v) is 13.2. The zero-order chi connectivity index (χ0) is 27.4. The molecule has 0 N–H and O–H groups in total. The SMILES string of the molecule is COC(=O)c1cc(C(C)(C)C)ccc1N(c1ccc(-c2ccccc2)cc1)c1ccc(-c2ccccc2)cc1. The van der Waals surface area contributed by atoms with E-state index in [2.05, 4.69) is 105 Å². The molecule has 0 atom stereocenters. The van der Waals surface area contributed by atoms with E-state index in [0.717, 1.165) is 44.9 Å². The minimum absolute atomic E-state index is 0.110. The van der Waals surface area contributed by atoms with Crippen molar-refractivity contribution in [1.29, 1.82) is 0 Å². The molecule has 0 amide bonds. The Morgan fingerprint density at radius 1 is 0.590 bits per heavy atom. The molecule has 39 heavy (non-hydrogen) atoms. The first kappa shape index (κ1) is 26.0. The molecule has 0 aromatic heterocycles. The van der Waals surface area contributed by atoms with Crippen molar-refractivity contribution in [3.63, 3.8) is 0 Å². The minimum Gasteiger partial charge on any atom is -0.465 e. The standard InChI is InChI=1S/C36H33NO2/c1-36(2,3)30-19-24-34(33(25-30)35(38)39-4)37(31-20-15-28(16-21-31)26-11-7-5-8-12-26)32-22-17-29(18-23-32)27-13-9-6-10-14-27/h5-25H,1-4H3. The highest BCUT2D eigenvalue weighted by Gasteiger charge is 2.24. The van der Waals surface area contributed by atoms with E-state index >= 15 is 0 Å². The summed E-state index contributed by atoms with van der Waals surface area (Å²) >= 11 is 0. The highest BCUT2D eigenvalue weighted by molar-refractivity contribution is 5.99. The maximum atomic E-state index is 13.1. The molecule has 0 radical (unpaired) electrons. The molecule has 0 aliphatic carbocycles. The maximum Gasteiger partial charge on any atom is 0.340 e. The quantitative estimate of drug-likeness (QED) is 0.213. The van der Waals surface area contributed by atoms with Crippen LogP contribution in [0.25, 0.3) is 22.3 Å². The fraction of sp³-hybridized carbons (Fsp3) is 0.139. The second-order valence-corrected chi connectivity index (χ2v) is 10.6. The Morgan fingerprint density at radius 3 is 1.44 bits per heavy atom. The summed E-state index contributed by atoms with van der Waals surface area (Å²) in [6.07, 6.45) is 0. The first-order chi connectivity index (χ1) is 18.8. The molecule has 0 unspecified atom stereocenters. The average Bonchev–Trinajstić information content (AvgIpc) is 2.98. The van der Waals surface area contributed by atoms with Gasteiger partial charge in [0.15, 0.2) is 0 Å². The Hall–Kier alpha value is -4.63. The van der Waals surface area contributed by atoms with Crippen LogP contribution < -0.4 is 4.90 Å². The molecular weight excluding hydrogens is 478 g/mol. The lowest BCUT2D eigenvalue weighted by Crippen LogP contribution is -2.18. The average molecular weight is 512 g/mol. The molecule has 0 heterocycles. The molecule has 0 aliphatic rings. The van der Waals surface area contributed by atoms with Gasteiger partial charge in [-0.1, -0.05) is 112 Å². The monoisotopic (exact) mass is 511 g/mol. The molecule has 3 heteroatoms. The number of ether oxygens (including phenoxy) is 1. The Labute approximate surface area is 231 Å². The van der Waals surface area contributed by atoms with Gasteiger partial charge in [0.25, 0.3) is 0 Å². The first-order valence-electron chi connectivity index (χ1n) is 13.2. The number of benzene rings is 5. The summed E-state index contributed by atoms with van der Waals surface area (Å²) in [5.41, 5.74) is 8.77. The van der Waals surface area contributed by atoms with Gasteiger partial charge in [-0.05, 0) is 69.6 Å². The van der Waals surface area contributed by atoms with Gasteiger partial charge in [0, 0.05) is 11.4 Å². The van der Waals surface area contributed by atoms with Crippen LogP contribution in [0.1, 0.15) is 36.7 Å². The summed E-state index contributed by atoms with van der Waals surface area (Å²) in [6.45, 7) is 6.43. The van der Waals surface area contributed by atoms with Gasteiger partial charge in [-0.2, -0.15) is 0 Å². The van der Waals surface area contributed by atoms with Crippen LogP contribution in [0.15, 0.2) is 127 Å². The molecule has 0 spiro atoms. The van der Waals surface area contributed by atoms with Gasteiger partial charge >= 0.3 is 5.97 Å². The predicted octanol–water partition coefficient (Wildman–Crippen LogP) is 9.57. The number of hydrogen-bond donors (Lipinski definition) is 0. The summed E-state index contributed by atoms with van der Waals surface area (Å²) in [4.78, 5) is 15.2. The molecule has 5 aromatic rings. The number of methoxy groups -OCH3 is 1. The van der Waals surface area contributed by atoms with E-state index in [4.69, 9.17) is 4.74 Å². The number of anilines is 3. The molecule has 0 saturated heterocycles. The number of esters is 1. The second kappa shape index (κ2) is 11.0. The van der Waals surface area contributed by atoms with Crippen LogP contribution in [0.2, 0.25) is 0 Å². The van der Waals surface area contributed by atoms with E-state index in [0.29, 0.717) is 5.56 Å². The normalized spacial score (nSPS) is 11.2. The highest BCUT2D eigenvalue weighted by atomic mass is 16.5. The molecule has 0 aliphatic heterocycles. The fourth-order valence-electron chi connectivity index (χ4n) is 4.77. The molecule has 5 aromatic carbocycles. The predicted molar refractivity (Wildman–Crippen MR) is 162 cm³/mol. The van der Waals surface area contributed by atoms with Gasteiger partial charge in [0.05, 0.1) is 18.4 Å². The van der Waals surface area contributed by atoms with Crippen molar-refractivity contribution in [1.82, 2.24) is 0 Å². The zero-order valence-electron chi connectivity index (χ0n) is 22.9. The van der Waals surface area contributed by atoms with Crippen molar-refractivity contribution in [2.75, 3.05) is 12.0 Å². The summed E-state index contributed by atoms with van der Waals surface area (Å²) in [6, 6.07) is 43.7. The van der Waals surface area contributed by atoms with Crippen LogP contribution in [0.3, 0.4) is 0 Å². The van der Waals surface area contributed by atoms with Crippen LogP contribution in [0.4, 0.5) is 17.1 Å².